The number of benzene rings is 1. The zero-order valence-corrected chi connectivity index (χ0v) is 12.3. The van der Waals surface area contributed by atoms with Crippen molar-refractivity contribution in [1.82, 2.24) is 0 Å². The molecule has 110 valence electrons. The summed E-state index contributed by atoms with van der Waals surface area (Å²) in [7, 11) is -1.73. The minimum absolute atomic E-state index is 0.0574. The summed E-state index contributed by atoms with van der Waals surface area (Å²) >= 11 is 0. The molecule has 1 unspecified atom stereocenters. The molecule has 1 aromatic carbocycles. The number of nitrogens with one attached hydrogen (secondary N) is 1. The lowest BCUT2D eigenvalue weighted by Gasteiger charge is -2.26. The van der Waals surface area contributed by atoms with Crippen LogP contribution in [0.15, 0.2) is 18.2 Å². The molecule has 20 heavy (non-hydrogen) atoms. The maximum Gasteiger partial charge on any atom is 0.340 e. The molecule has 0 radical (unpaired) electrons. The smallest absolute Gasteiger partial charge is 0.340 e. The number of anilines is 2. The van der Waals surface area contributed by atoms with Crippen molar-refractivity contribution < 1.29 is 17.9 Å². The van der Waals surface area contributed by atoms with Crippen LogP contribution in [-0.4, -0.2) is 38.5 Å². The summed E-state index contributed by atoms with van der Waals surface area (Å²) in [5.74, 6) is -0.301. The van der Waals surface area contributed by atoms with Crippen LogP contribution < -0.4 is 11.1 Å². The van der Waals surface area contributed by atoms with Gasteiger partial charge in [0.1, 0.15) is 0 Å². The van der Waals surface area contributed by atoms with Gasteiger partial charge in [-0.05, 0) is 25.5 Å². The quantitative estimate of drug-likeness (QED) is 0.639. The van der Waals surface area contributed by atoms with Crippen molar-refractivity contribution in [3.8, 4) is 0 Å². The molecule has 1 atom stereocenters. The van der Waals surface area contributed by atoms with E-state index in [-0.39, 0.29) is 22.8 Å². The fourth-order valence-corrected chi connectivity index (χ4v) is 4.49. The van der Waals surface area contributed by atoms with Crippen LogP contribution in [0.5, 0.6) is 0 Å². The Kier molecular flexibility index (Phi) is 3.64. The van der Waals surface area contributed by atoms with E-state index < -0.39 is 21.3 Å². The zero-order valence-electron chi connectivity index (χ0n) is 11.5. The summed E-state index contributed by atoms with van der Waals surface area (Å²) in [6.07, 6.45) is 0.511. The SMILES string of the molecule is COC(=O)c1cccc(NC2(C)CCS(=O)(=O)C2)c1N. The Bertz CT molecular complexity index is 642. The highest BCUT2D eigenvalue weighted by atomic mass is 32.2. The van der Waals surface area contributed by atoms with Crippen LogP contribution in [0.25, 0.3) is 0 Å². The second-order valence-corrected chi connectivity index (χ2v) is 7.47. The first-order valence-electron chi connectivity index (χ1n) is 6.22. The molecule has 6 nitrogen and oxygen atoms in total. The van der Waals surface area contributed by atoms with Gasteiger partial charge in [0.15, 0.2) is 9.84 Å². The zero-order chi connectivity index (χ0) is 15.0. The Morgan fingerprint density at radius 3 is 2.70 bits per heavy atom. The first-order valence-corrected chi connectivity index (χ1v) is 8.04. The lowest BCUT2D eigenvalue weighted by Crippen LogP contribution is -2.36. The van der Waals surface area contributed by atoms with Crippen molar-refractivity contribution in [2.24, 2.45) is 0 Å². The normalized spacial score (nSPS) is 24.3. The number of sulfone groups is 1. The second kappa shape index (κ2) is 4.97. The standard InChI is InChI=1S/C13H18N2O4S/c1-13(6-7-20(17,18)8-13)15-10-5-3-4-9(11(10)14)12(16)19-2/h3-5,15H,6-8,14H2,1-2H3. The lowest BCUT2D eigenvalue weighted by molar-refractivity contribution is 0.0602. The number of nitrogens with two attached hydrogens (primary N) is 1. The molecule has 0 aromatic heterocycles. The first kappa shape index (κ1) is 14.6. The molecule has 1 aromatic rings. The molecule has 0 aliphatic carbocycles. The summed E-state index contributed by atoms with van der Waals surface area (Å²) in [5.41, 5.74) is 6.47. The number of carbonyl (C=O) groups excluding carboxylic acids is 1. The van der Waals surface area contributed by atoms with Gasteiger partial charge in [-0.2, -0.15) is 0 Å². The van der Waals surface area contributed by atoms with Crippen molar-refractivity contribution in [2.75, 3.05) is 29.7 Å². The fraction of sp³-hybridized carbons (Fsp3) is 0.462. The predicted molar refractivity (Wildman–Crippen MR) is 77.5 cm³/mol. The molecule has 1 aliphatic rings. The average Bonchev–Trinajstić information content (AvgIpc) is 2.65. The van der Waals surface area contributed by atoms with Gasteiger partial charge in [-0.3, -0.25) is 0 Å². The van der Waals surface area contributed by atoms with Crippen molar-refractivity contribution >= 4 is 27.2 Å². The van der Waals surface area contributed by atoms with E-state index in [1.54, 1.807) is 18.2 Å². The van der Waals surface area contributed by atoms with Crippen LogP contribution in [0, 0.1) is 0 Å². The largest absolute Gasteiger partial charge is 0.465 e. The van der Waals surface area contributed by atoms with Crippen LogP contribution in [0.2, 0.25) is 0 Å². The van der Waals surface area contributed by atoms with E-state index in [9.17, 15) is 13.2 Å². The number of para-hydroxylation sites is 1. The van der Waals surface area contributed by atoms with Gasteiger partial charge >= 0.3 is 5.97 Å². The van der Waals surface area contributed by atoms with Crippen molar-refractivity contribution in [3.63, 3.8) is 0 Å². The van der Waals surface area contributed by atoms with Crippen molar-refractivity contribution in [1.29, 1.82) is 0 Å². The van der Waals surface area contributed by atoms with E-state index in [0.717, 1.165) is 0 Å². The molecule has 0 saturated carbocycles. The lowest BCUT2D eigenvalue weighted by atomic mass is 10.0. The number of esters is 1. The number of hydrogen-bond acceptors (Lipinski definition) is 6. The van der Waals surface area contributed by atoms with Gasteiger partial charge in [-0.1, -0.05) is 6.07 Å². The highest BCUT2D eigenvalue weighted by Crippen LogP contribution is 2.31. The highest BCUT2D eigenvalue weighted by Gasteiger charge is 2.38. The third-order valence-corrected chi connectivity index (χ3v) is 5.35. The van der Waals surface area contributed by atoms with E-state index in [1.165, 1.54) is 7.11 Å². The number of carbonyl (C=O) groups is 1. The van der Waals surface area contributed by atoms with Gasteiger partial charge in [0, 0.05) is 5.54 Å². The summed E-state index contributed by atoms with van der Waals surface area (Å²) in [6, 6.07) is 4.97. The van der Waals surface area contributed by atoms with E-state index in [2.05, 4.69) is 10.1 Å². The monoisotopic (exact) mass is 298 g/mol. The minimum Gasteiger partial charge on any atom is -0.465 e. The number of nitrogen functional groups attached to an aromatic ring is 1. The third-order valence-electron chi connectivity index (χ3n) is 3.45. The Morgan fingerprint density at radius 2 is 2.15 bits per heavy atom. The van der Waals surface area contributed by atoms with Gasteiger partial charge < -0.3 is 15.8 Å². The summed E-state index contributed by atoms with van der Waals surface area (Å²) in [5, 5.41) is 3.15. The van der Waals surface area contributed by atoms with Crippen LogP contribution >= 0.6 is 0 Å². The van der Waals surface area contributed by atoms with Gasteiger partial charge in [0.25, 0.3) is 0 Å². The van der Waals surface area contributed by atoms with Crippen LogP contribution in [0.4, 0.5) is 11.4 Å². The number of methoxy groups -OCH3 is 1. The molecule has 7 heteroatoms. The molecular formula is C13H18N2O4S. The van der Waals surface area contributed by atoms with Crippen LogP contribution in [0.3, 0.4) is 0 Å². The Hall–Kier alpha value is -1.76. The minimum atomic E-state index is -3.01. The fourth-order valence-electron chi connectivity index (χ4n) is 2.40. The maximum absolute atomic E-state index is 11.6. The van der Waals surface area contributed by atoms with E-state index in [0.29, 0.717) is 12.1 Å². The molecule has 1 fully saturated rings. The molecule has 1 saturated heterocycles. The predicted octanol–water partition coefficient (Wildman–Crippen LogP) is 1.04. The number of ether oxygens (including phenoxy) is 1. The van der Waals surface area contributed by atoms with Gasteiger partial charge in [-0.15, -0.1) is 0 Å². The van der Waals surface area contributed by atoms with E-state index in [4.69, 9.17) is 5.73 Å². The molecular weight excluding hydrogens is 280 g/mol. The van der Waals surface area contributed by atoms with Gasteiger partial charge in [-0.25, -0.2) is 13.2 Å². The topological polar surface area (TPSA) is 98.5 Å². The van der Waals surface area contributed by atoms with E-state index in [1.807, 2.05) is 6.92 Å². The van der Waals surface area contributed by atoms with Gasteiger partial charge in [0.2, 0.25) is 0 Å². The van der Waals surface area contributed by atoms with Crippen LogP contribution in [-0.2, 0) is 14.6 Å². The summed E-state index contributed by atoms with van der Waals surface area (Å²) in [6.45, 7) is 1.84. The Labute approximate surface area is 118 Å². The maximum atomic E-state index is 11.6. The van der Waals surface area contributed by atoms with Crippen molar-refractivity contribution in [2.45, 2.75) is 18.9 Å². The molecule has 3 N–H and O–H groups in total. The molecule has 1 aliphatic heterocycles. The Morgan fingerprint density at radius 1 is 1.45 bits per heavy atom. The number of rotatable bonds is 3. The summed E-state index contributed by atoms with van der Waals surface area (Å²) < 4.78 is 27.9. The third kappa shape index (κ3) is 2.87. The molecule has 0 amide bonds. The second-order valence-electron chi connectivity index (χ2n) is 5.29. The summed E-state index contributed by atoms with van der Waals surface area (Å²) in [4.78, 5) is 11.6. The first-order chi connectivity index (χ1) is 9.26. The Balaban J connectivity index is 2.29. The average molecular weight is 298 g/mol. The molecule has 0 spiro atoms. The molecule has 2 rings (SSSR count). The highest BCUT2D eigenvalue weighted by molar-refractivity contribution is 7.91. The van der Waals surface area contributed by atoms with Gasteiger partial charge in [0.05, 0.1) is 35.6 Å². The van der Waals surface area contributed by atoms with Crippen molar-refractivity contribution in [3.05, 3.63) is 23.8 Å². The molecule has 0 bridgehead atoms. The molecule has 1 heterocycles. The number of hydrogen-bond donors (Lipinski definition) is 2. The van der Waals surface area contributed by atoms with Crippen LogP contribution in [0.1, 0.15) is 23.7 Å². The van der Waals surface area contributed by atoms with E-state index >= 15 is 0 Å².